The second-order valence-corrected chi connectivity index (χ2v) is 6.60. The first-order valence-electron chi connectivity index (χ1n) is 8.38. The largest absolute Gasteiger partial charge is 0.493 e. The normalized spacial score (nSPS) is 11.3. The van der Waals surface area contributed by atoms with Crippen molar-refractivity contribution in [3.05, 3.63) is 58.1 Å². The molecule has 0 radical (unpaired) electrons. The molecule has 0 saturated carbocycles. The molecule has 0 saturated heterocycles. The Labute approximate surface area is 168 Å². The third kappa shape index (κ3) is 6.02. The highest BCUT2D eigenvalue weighted by Gasteiger charge is 2.19. The Morgan fingerprint density at radius 3 is 2.56 bits per heavy atom. The molecule has 0 aliphatic heterocycles. The van der Waals surface area contributed by atoms with E-state index >= 15 is 0 Å². The summed E-state index contributed by atoms with van der Waals surface area (Å²) in [5.74, 6) is 3.45. The van der Waals surface area contributed by atoms with Crippen LogP contribution in [0.15, 0.2) is 46.9 Å². The van der Waals surface area contributed by atoms with Gasteiger partial charge in [-0.25, -0.2) is 0 Å². The molecule has 2 aromatic carbocycles. The number of nitrogens with one attached hydrogen (secondary N) is 1. The van der Waals surface area contributed by atoms with E-state index in [0.29, 0.717) is 24.5 Å². The molecule has 2 aromatic rings. The van der Waals surface area contributed by atoms with Crippen molar-refractivity contribution in [2.75, 3.05) is 27.4 Å². The van der Waals surface area contributed by atoms with E-state index < -0.39 is 6.10 Å². The van der Waals surface area contributed by atoms with Crippen LogP contribution in [0.25, 0.3) is 0 Å². The summed E-state index contributed by atoms with van der Waals surface area (Å²) >= 11 is 3.38. The molecule has 1 unspecified atom stereocenters. The van der Waals surface area contributed by atoms with Gasteiger partial charge < -0.3 is 19.5 Å². The maximum absolute atomic E-state index is 12.4. The number of rotatable bonds is 9. The van der Waals surface area contributed by atoms with Crippen molar-refractivity contribution in [2.24, 2.45) is 0 Å². The van der Waals surface area contributed by atoms with Crippen LogP contribution in [0.3, 0.4) is 0 Å². The molecular formula is C21H22BrNO4. The summed E-state index contributed by atoms with van der Waals surface area (Å²) in [6.45, 7) is 0.656. The van der Waals surface area contributed by atoms with E-state index in [1.54, 1.807) is 7.11 Å². The molecule has 0 spiro atoms. The molecule has 27 heavy (non-hydrogen) atoms. The molecule has 6 heteroatoms. The van der Waals surface area contributed by atoms with E-state index in [9.17, 15) is 4.79 Å². The minimum Gasteiger partial charge on any atom is -0.493 e. The number of carbonyl (C=O) groups is 1. The zero-order valence-electron chi connectivity index (χ0n) is 15.3. The van der Waals surface area contributed by atoms with Gasteiger partial charge in [0.05, 0.1) is 7.11 Å². The van der Waals surface area contributed by atoms with Gasteiger partial charge >= 0.3 is 0 Å². The van der Waals surface area contributed by atoms with Gasteiger partial charge in [-0.2, -0.15) is 0 Å². The molecule has 1 atom stereocenters. The third-order valence-corrected chi connectivity index (χ3v) is 4.43. The Hall–Kier alpha value is -2.49. The number of ether oxygens (including phenoxy) is 3. The minimum atomic E-state index is -0.646. The van der Waals surface area contributed by atoms with Crippen molar-refractivity contribution in [3.8, 4) is 23.8 Å². The Morgan fingerprint density at radius 2 is 1.93 bits per heavy atom. The van der Waals surface area contributed by atoms with E-state index in [0.717, 1.165) is 15.6 Å². The van der Waals surface area contributed by atoms with Crippen LogP contribution < -0.4 is 14.8 Å². The molecule has 1 N–H and O–H groups in total. The van der Waals surface area contributed by atoms with Crippen LogP contribution in [-0.4, -0.2) is 33.3 Å². The first-order valence-corrected chi connectivity index (χ1v) is 9.17. The zero-order valence-corrected chi connectivity index (χ0v) is 16.9. The topological polar surface area (TPSA) is 56.8 Å². The highest BCUT2D eigenvalue weighted by atomic mass is 79.9. The number of hydrogen-bond donors (Lipinski definition) is 1. The van der Waals surface area contributed by atoms with Crippen molar-refractivity contribution in [1.29, 1.82) is 0 Å². The number of halogens is 1. The Morgan fingerprint density at radius 1 is 1.19 bits per heavy atom. The van der Waals surface area contributed by atoms with E-state index in [1.165, 1.54) is 7.11 Å². The van der Waals surface area contributed by atoms with Gasteiger partial charge in [0.1, 0.15) is 6.61 Å². The van der Waals surface area contributed by atoms with Crippen molar-refractivity contribution in [1.82, 2.24) is 5.32 Å². The summed E-state index contributed by atoms with van der Waals surface area (Å²) in [5, 5.41) is 2.91. The average molecular weight is 432 g/mol. The van der Waals surface area contributed by atoms with Crippen LogP contribution in [0, 0.1) is 12.3 Å². The van der Waals surface area contributed by atoms with Gasteiger partial charge in [0.2, 0.25) is 0 Å². The van der Waals surface area contributed by atoms with Crippen molar-refractivity contribution in [2.45, 2.75) is 12.5 Å². The van der Waals surface area contributed by atoms with Crippen LogP contribution in [-0.2, 0) is 16.0 Å². The molecule has 0 aliphatic carbocycles. The van der Waals surface area contributed by atoms with Gasteiger partial charge in [-0.1, -0.05) is 40.0 Å². The van der Waals surface area contributed by atoms with E-state index in [2.05, 4.69) is 27.2 Å². The SMILES string of the molecule is C#CCOc1ccc(CCNC(=O)C(OC)c2ccc(Br)cc2)cc1OC. The highest BCUT2D eigenvalue weighted by molar-refractivity contribution is 9.10. The Bertz CT molecular complexity index is 799. The van der Waals surface area contributed by atoms with Crippen LogP contribution in [0.1, 0.15) is 17.2 Å². The van der Waals surface area contributed by atoms with E-state index in [1.807, 2.05) is 42.5 Å². The number of terminal acetylenes is 1. The molecule has 0 fully saturated rings. The maximum Gasteiger partial charge on any atom is 0.253 e. The highest BCUT2D eigenvalue weighted by Crippen LogP contribution is 2.28. The van der Waals surface area contributed by atoms with E-state index in [4.69, 9.17) is 20.6 Å². The second kappa shape index (κ2) is 10.6. The van der Waals surface area contributed by atoms with Gasteiger partial charge in [0.15, 0.2) is 17.6 Å². The molecule has 0 aromatic heterocycles. The fourth-order valence-electron chi connectivity index (χ4n) is 2.56. The summed E-state index contributed by atoms with van der Waals surface area (Å²) in [4.78, 5) is 12.4. The van der Waals surface area contributed by atoms with Crippen LogP contribution in [0.5, 0.6) is 11.5 Å². The molecule has 0 bridgehead atoms. The Balaban J connectivity index is 1.93. The van der Waals surface area contributed by atoms with Crippen LogP contribution in [0.2, 0.25) is 0 Å². The molecule has 2 rings (SSSR count). The lowest BCUT2D eigenvalue weighted by atomic mass is 10.1. The number of hydrogen-bond acceptors (Lipinski definition) is 4. The number of amides is 1. The first-order chi connectivity index (χ1) is 13.1. The summed E-state index contributed by atoms with van der Waals surface area (Å²) in [6, 6.07) is 13.1. The van der Waals surface area contributed by atoms with Crippen LogP contribution in [0.4, 0.5) is 0 Å². The van der Waals surface area contributed by atoms with Gasteiger partial charge in [-0.3, -0.25) is 4.79 Å². The molecule has 0 aliphatic rings. The molecular weight excluding hydrogens is 410 g/mol. The summed E-state index contributed by atoms with van der Waals surface area (Å²) in [6.07, 6.45) is 5.21. The molecule has 1 amide bonds. The van der Waals surface area contributed by atoms with Crippen molar-refractivity contribution < 1.29 is 19.0 Å². The minimum absolute atomic E-state index is 0.180. The summed E-state index contributed by atoms with van der Waals surface area (Å²) in [7, 11) is 3.09. The van der Waals surface area contributed by atoms with E-state index in [-0.39, 0.29) is 12.5 Å². The average Bonchev–Trinajstić information content (AvgIpc) is 2.68. The zero-order chi connectivity index (χ0) is 19.6. The second-order valence-electron chi connectivity index (χ2n) is 5.69. The van der Waals surface area contributed by atoms with Gasteiger partial charge in [0.25, 0.3) is 5.91 Å². The molecule has 5 nitrogen and oxygen atoms in total. The van der Waals surface area contributed by atoms with Gasteiger partial charge in [-0.05, 0) is 41.8 Å². The summed E-state index contributed by atoms with van der Waals surface area (Å²) in [5.41, 5.74) is 1.81. The van der Waals surface area contributed by atoms with Gasteiger partial charge in [-0.15, -0.1) is 6.42 Å². The monoisotopic (exact) mass is 431 g/mol. The van der Waals surface area contributed by atoms with Crippen molar-refractivity contribution >= 4 is 21.8 Å². The fraction of sp³-hybridized carbons (Fsp3) is 0.286. The molecule has 0 heterocycles. The predicted molar refractivity (Wildman–Crippen MR) is 108 cm³/mol. The lowest BCUT2D eigenvalue weighted by Crippen LogP contribution is -2.31. The maximum atomic E-state index is 12.4. The lowest BCUT2D eigenvalue weighted by Gasteiger charge is -2.16. The standard InChI is InChI=1S/C21H22BrNO4/c1-4-13-27-18-10-5-15(14-19(18)25-2)11-12-23-21(24)20(26-3)16-6-8-17(22)9-7-16/h1,5-10,14,20H,11-13H2,2-3H3,(H,23,24). The number of benzene rings is 2. The number of methoxy groups -OCH3 is 2. The fourth-order valence-corrected chi connectivity index (χ4v) is 2.83. The third-order valence-electron chi connectivity index (χ3n) is 3.90. The van der Waals surface area contributed by atoms with Crippen molar-refractivity contribution in [3.63, 3.8) is 0 Å². The number of carbonyl (C=O) groups excluding carboxylic acids is 1. The summed E-state index contributed by atoms with van der Waals surface area (Å²) < 4.78 is 17.1. The Kier molecular flexibility index (Phi) is 8.18. The van der Waals surface area contributed by atoms with Crippen LogP contribution >= 0.6 is 15.9 Å². The predicted octanol–water partition coefficient (Wildman–Crippen LogP) is 3.52. The first kappa shape index (κ1) is 20.8. The molecule has 142 valence electrons. The smallest absolute Gasteiger partial charge is 0.253 e. The lowest BCUT2D eigenvalue weighted by molar-refractivity contribution is -0.131. The van der Waals surface area contributed by atoms with Gasteiger partial charge in [0, 0.05) is 18.1 Å². The quantitative estimate of drug-likeness (QED) is 0.617.